The maximum atomic E-state index is 12.1. The molecule has 0 aliphatic carbocycles. The molecule has 2 rings (SSSR count). The Morgan fingerprint density at radius 1 is 1.24 bits per heavy atom. The van der Waals surface area contributed by atoms with Gasteiger partial charge in [-0.05, 0) is 12.1 Å². The first kappa shape index (κ1) is 17.4. The minimum absolute atomic E-state index is 0.0116. The summed E-state index contributed by atoms with van der Waals surface area (Å²) < 4.78 is 47.1. The molecule has 1 aliphatic heterocycles. The van der Waals surface area contributed by atoms with Crippen LogP contribution in [0, 0.1) is 0 Å². The molecule has 4 N–H and O–H groups in total. The summed E-state index contributed by atoms with van der Waals surface area (Å²) in [5.74, 6) is 0. The molecule has 118 valence electrons. The van der Waals surface area contributed by atoms with Gasteiger partial charge in [0.25, 0.3) is 0 Å². The number of anilines is 1. The first-order chi connectivity index (χ1) is 9.32. The monoisotopic (exact) mass is 413 g/mol. The smallest absolute Gasteiger partial charge is 0.244 e. The fourth-order valence-electron chi connectivity index (χ4n) is 1.64. The third-order valence-corrected chi connectivity index (χ3v) is 6.02. The van der Waals surface area contributed by atoms with E-state index in [2.05, 4.69) is 10.0 Å². The van der Waals surface area contributed by atoms with Gasteiger partial charge in [-0.3, -0.25) is 0 Å². The topological polar surface area (TPSA) is 118 Å². The van der Waals surface area contributed by atoms with Crippen molar-refractivity contribution in [1.82, 2.24) is 4.72 Å². The number of fused-ring (bicyclic) bond motifs is 1. The van der Waals surface area contributed by atoms with E-state index in [9.17, 15) is 16.8 Å². The summed E-state index contributed by atoms with van der Waals surface area (Å²) in [6.07, 6.45) is -1.25. The lowest BCUT2D eigenvalue weighted by Gasteiger charge is -2.32. The number of nitrogens with one attached hydrogen (secondary N) is 2. The van der Waals surface area contributed by atoms with Crippen LogP contribution in [0.15, 0.2) is 21.9 Å². The van der Waals surface area contributed by atoms with Crippen LogP contribution < -0.4 is 15.2 Å². The van der Waals surface area contributed by atoms with Crippen molar-refractivity contribution in [1.29, 1.82) is 0 Å². The van der Waals surface area contributed by atoms with Gasteiger partial charge in [0, 0.05) is 0 Å². The van der Waals surface area contributed by atoms with Crippen LogP contribution in [0.5, 0.6) is 0 Å². The molecule has 21 heavy (non-hydrogen) atoms. The van der Waals surface area contributed by atoms with Gasteiger partial charge in [0.2, 0.25) is 23.8 Å². The molecule has 1 atom stereocenters. The zero-order chi connectivity index (χ0) is 16.2. The van der Waals surface area contributed by atoms with Gasteiger partial charge in [0.15, 0.2) is 0 Å². The van der Waals surface area contributed by atoms with Crippen LogP contribution in [0.3, 0.4) is 0 Å². The Kier molecular flexibility index (Phi) is 4.36. The van der Waals surface area contributed by atoms with Gasteiger partial charge in [0.1, 0.15) is 16.0 Å². The maximum absolute atomic E-state index is 12.1. The lowest BCUT2D eigenvalue weighted by atomic mass is 10.3. The van der Waals surface area contributed by atoms with Crippen molar-refractivity contribution >= 4 is 72.1 Å². The molecule has 0 radical (unpaired) electrons. The summed E-state index contributed by atoms with van der Waals surface area (Å²) in [7, 11) is -8.31. The fourth-order valence-corrected chi connectivity index (χ4v) is 4.69. The average Bonchev–Trinajstić information content (AvgIpc) is 2.23. The molecule has 0 aromatic heterocycles. The predicted molar refractivity (Wildman–Crippen MR) is 80.8 cm³/mol. The molecule has 0 spiro atoms. The van der Waals surface area contributed by atoms with E-state index in [0.717, 1.165) is 12.1 Å². The molecule has 0 unspecified atom stereocenters. The molecule has 1 aromatic rings. The van der Waals surface area contributed by atoms with Crippen LogP contribution in [0.25, 0.3) is 0 Å². The van der Waals surface area contributed by atoms with E-state index in [-0.39, 0.29) is 15.6 Å². The highest BCUT2D eigenvalue weighted by atomic mass is 35.6. The van der Waals surface area contributed by atoms with Crippen molar-refractivity contribution in [2.75, 3.05) is 5.32 Å². The highest BCUT2D eigenvalue weighted by molar-refractivity contribution is 7.90. The Bertz CT molecular complexity index is 804. The number of primary sulfonamides is 1. The quantitative estimate of drug-likeness (QED) is 0.600. The molecule has 1 aliphatic rings. The van der Waals surface area contributed by atoms with Crippen LogP contribution >= 0.6 is 46.4 Å². The van der Waals surface area contributed by atoms with Crippen molar-refractivity contribution in [3.63, 3.8) is 0 Å². The van der Waals surface area contributed by atoms with E-state index >= 15 is 0 Å². The maximum Gasteiger partial charge on any atom is 0.244 e. The van der Waals surface area contributed by atoms with Crippen LogP contribution in [0.4, 0.5) is 5.69 Å². The van der Waals surface area contributed by atoms with Crippen molar-refractivity contribution in [3.05, 3.63) is 17.2 Å². The Balaban J connectivity index is 2.67. The minimum atomic E-state index is -4.19. The first-order valence-electron chi connectivity index (χ1n) is 5.04. The number of rotatable bonds is 1. The van der Waals surface area contributed by atoms with Crippen LogP contribution in [-0.2, 0) is 20.0 Å². The lowest BCUT2D eigenvalue weighted by molar-refractivity contribution is 0.558. The second-order valence-electron chi connectivity index (χ2n) is 4.06. The van der Waals surface area contributed by atoms with Gasteiger partial charge in [-0.1, -0.05) is 46.4 Å². The van der Waals surface area contributed by atoms with Gasteiger partial charge < -0.3 is 5.32 Å². The SMILES string of the molecule is NS(=O)(=O)c1cc2c(cc1Cl)N[C@@H](C(Cl)(Cl)Cl)NS2(=O)=O. The number of halogens is 4. The molecule has 0 fully saturated rings. The van der Waals surface area contributed by atoms with Gasteiger partial charge in [-0.2, -0.15) is 4.72 Å². The molecule has 1 aromatic carbocycles. The Hall–Kier alpha value is -0.000000000000000111. The molecule has 0 bridgehead atoms. The van der Waals surface area contributed by atoms with Gasteiger partial charge in [0.05, 0.1) is 10.7 Å². The minimum Gasteiger partial charge on any atom is -0.364 e. The Morgan fingerprint density at radius 3 is 2.29 bits per heavy atom. The molecule has 0 saturated heterocycles. The summed E-state index contributed by atoms with van der Waals surface area (Å²) in [6.45, 7) is 0. The van der Waals surface area contributed by atoms with Crippen LogP contribution in [0.1, 0.15) is 0 Å². The van der Waals surface area contributed by atoms with Crippen molar-refractivity contribution in [2.45, 2.75) is 19.7 Å². The van der Waals surface area contributed by atoms with E-state index in [0.29, 0.717) is 0 Å². The molecular weight excluding hydrogens is 408 g/mol. The molecule has 1 heterocycles. The fraction of sp³-hybridized carbons (Fsp3) is 0.250. The normalized spacial score (nSPS) is 21.5. The number of sulfonamides is 2. The van der Waals surface area contributed by atoms with E-state index in [1.54, 1.807) is 0 Å². The first-order valence-corrected chi connectivity index (χ1v) is 9.58. The second-order valence-corrected chi connectivity index (χ2v) is 10.1. The number of hydrogen-bond acceptors (Lipinski definition) is 5. The summed E-state index contributed by atoms with van der Waals surface area (Å²) in [6, 6.07) is 1.91. The van der Waals surface area contributed by atoms with E-state index in [4.69, 9.17) is 51.5 Å². The van der Waals surface area contributed by atoms with Crippen LogP contribution in [0.2, 0.25) is 5.02 Å². The molecule has 0 amide bonds. The van der Waals surface area contributed by atoms with E-state index in [1.807, 2.05) is 0 Å². The van der Waals surface area contributed by atoms with Crippen LogP contribution in [-0.4, -0.2) is 26.8 Å². The average molecular weight is 415 g/mol. The molecular formula is C8H7Cl4N3O4S2. The molecule has 7 nitrogen and oxygen atoms in total. The summed E-state index contributed by atoms with van der Waals surface area (Å²) in [5, 5.41) is 7.31. The lowest BCUT2D eigenvalue weighted by Crippen LogP contribution is -2.52. The predicted octanol–water partition coefficient (Wildman–Crippen LogP) is 1.39. The number of benzene rings is 1. The highest BCUT2D eigenvalue weighted by Crippen LogP contribution is 2.38. The summed E-state index contributed by atoms with van der Waals surface area (Å²) >= 11 is 22.7. The third kappa shape index (κ3) is 3.50. The van der Waals surface area contributed by atoms with Gasteiger partial charge >= 0.3 is 0 Å². The Labute approximate surface area is 140 Å². The molecule has 13 heteroatoms. The number of hydrogen-bond donors (Lipinski definition) is 3. The highest BCUT2D eigenvalue weighted by Gasteiger charge is 2.41. The van der Waals surface area contributed by atoms with Gasteiger partial charge in [-0.25, -0.2) is 22.0 Å². The number of nitrogens with two attached hydrogens (primary N) is 1. The third-order valence-electron chi connectivity index (χ3n) is 2.53. The number of alkyl halides is 3. The van der Waals surface area contributed by atoms with E-state index < -0.39 is 34.9 Å². The largest absolute Gasteiger partial charge is 0.364 e. The standard InChI is InChI=1S/C8H7Cl4N3O4S2/c9-3-1-4-6(2-5(3)20(13,16)17)21(18,19)15-7(14-4)8(10,11)12/h1-2,7,14-15H,(H2,13,16,17)/t7-/m1/s1. The molecule has 0 saturated carbocycles. The van der Waals surface area contributed by atoms with E-state index in [1.165, 1.54) is 0 Å². The second kappa shape index (κ2) is 5.27. The van der Waals surface area contributed by atoms with Crippen molar-refractivity contribution in [3.8, 4) is 0 Å². The summed E-state index contributed by atoms with van der Waals surface area (Å²) in [5.41, 5.74) is -0.0116. The zero-order valence-electron chi connectivity index (χ0n) is 9.77. The van der Waals surface area contributed by atoms with Crippen molar-refractivity contribution in [2.24, 2.45) is 5.14 Å². The van der Waals surface area contributed by atoms with Crippen molar-refractivity contribution < 1.29 is 16.8 Å². The van der Waals surface area contributed by atoms with Gasteiger partial charge in [-0.15, -0.1) is 0 Å². The Morgan fingerprint density at radius 2 is 1.81 bits per heavy atom. The summed E-state index contributed by atoms with van der Waals surface area (Å²) in [4.78, 5) is -0.899. The zero-order valence-corrected chi connectivity index (χ0v) is 14.4.